The molecule has 4 heterocycles. The first-order valence-electron chi connectivity index (χ1n) is 14.3. The summed E-state index contributed by atoms with van der Waals surface area (Å²) in [4.78, 5) is 36.4. The fourth-order valence-electron chi connectivity index (χ4n) is 6.27. The summed E-state index contributed by atoms with van der Waals surface area (Å²) in [7, 11) is 0. The molecular formula is C31H31ClF2N4O4S. The summed E-state index contributed by atoms with van der Waals surface area (Å²) < 4.78 is 36.7. The Labute approximate surface area is 255 Å². The van der Waals surface area contributed by atoms with Gasteiger partial charge in [-0.3, -0.25) is 19.2 Å². The second kappa shape index (κ2) is 11.6. The minimum Gasteiger partial charge on any atom is -0.491 e. The summed E-state index contributed by atoms with van der Waals surface area (Å²) in [5, 5.41) is 11.7. The molecule has 0 bridgehead atoms. The summed E-state index contributed by atoms with van der Waals surface area (Å²) in [5.74, 6) is -2.62. The lowest BCUT2D eigenvalue weighted by Gasteiger charge is -2.39. The number of benzene rings is 1. The van der Waals surface area contributed by atoms with Gasteiger partial charge in [0.25, 0.3) is 11.5 Å². The lowest BCUT2D eigenvalue weighted by Crippen LogP contribution is -2.50. The maximum atomic E-state index is 14.1. The van der Waals surface area contributed by atoms with Crippen molar-refractivity contribution in [2.24, 2.45) is 0 Å². The Balaban J connectivity index is 1.24. The monoisotopic (exact) mass is 628 g/mol. The second-order valence-corrected chi connectivity index (χ2v) is 12.6. The molecule has 2 aliphatic rings. The Bertz CT molecular complexity index is 1790. The SMILES string of the molecule is Cc1cc(-c2cc(Cl)ccc2OCCn2c(C)nc3c(c2=O)CC(N2CCCC(F)(F)C2)CC3)c2scc(C(=O)O)c2n1. The number of hydrogen-bond acceptors (Lipinski definition) is 7. The van der Waals surface area contributed by atoms with Crippen LogP contribution in [0.2, 0.25) is 5.02 Å². The molecule has 4 aromatic rings. The summed E-state index contributed by atoms with van der Waals surface area (Å²) in [6.45, 7) is 4.36. The van der Waals surface area contributed by atoms with Crippen LogP contribution in [-0.2, 0) is 19.4 Å². The molecule has 1 aliphatic heterocycles. The molecular weight excluding hydrogens is 598 g/mol. The van der Waals surface area contributed by atoms with Crippen molar-refractivity contribution in [1.29, 1.82) is 0 Å². The molecule has 226 valence electrons. The van der Waals surface area contributed by atoms with Crippen LogP contribution in [0.3, 0.4) is 0 Å². The van der Waals surface area contributed by atoms with Gasteiger partial charge in [-0.15, -0.1) is 11.3 Å². The quantitative estimate of drug-likeness (QED) is 0.262. The number of likely N-dealkylation sites (tertiary alicyclic amines) is 1. The van der Waals surface area contributed by atoms with Crippen LogP contribution in [-0.4, -0.2) is 62.2 Å². The predicted octanol–water partition coefficient (Wildman–Crippen LogP) is 6.16. The molecule has 1 unspecified atom stereocenters. The number of rotatable bonds is 7. The highest BCUT2D eigenvalue weighted by Gasteiger charge is 2.39. The largest absolute Gasteiger partial charge is 0.491 e. The highest BCUT2D eigenvalue weighted by atomic mass is 35.5. The van der Waals surface area contributed by atoms with Gasteiger partial charge in [0.2, 0.25) is 0 Å². The van der Waals surface area contributed by atoms with Crippen molar-refractivity contribution >= 4 is 39.1 Å². The molecule has 43 heavy (non-hydrogen) atoms. The van der Waals surface area contributed by atoms with Gasteiger partial charge < -0.3 is 9.84 Å². The van der Waals surface area contributed by atoms with Gasteiger partial charge in [0.15, 0.2) is 0 Å². The molecule has 1 atom stereocenters. The van der Waals surface area contributed by atoms with Crippen molar-refractivity contribution in [2.45, 2.75) is 64.5 Å². The smallest absolute Gasteiger partial charge is 0.338 e. The van der Waals surface area contributed by atoms with Crippen LogP contribution in [0.25, 0.3) is 21.3 Å². The number of fused-ring (bicyclic) bond motifs is 2. The Kier molecular flexibility index (Phi) is 7.99. The molecule has 1 fully saturated rings. The molecule has 1 N–H and O–H groups in total. The average molecular weight is 629 g/mol. The Morgan fingerprint density at radius 2 is 2.05 bits per heavy atom. The minimum atomic E-state index is -2.69. The fraction of sp³-hybridized carbons (Fsp3) is 0.419. The van der Waals surface area contributed by atoms with E-state index in [1.165, 1.54) is 11.3 Å². The highest BCUT2D eigenvalue weighted by molar-refractivity contribution is 7.18. The lowest BCUT2D eigenvalue weighted by molar-refractivity contribution is -0.0763. The zero-order valence-electron chi connectivity index (χ0n) is 23.8. The number of aromatic nitrogens is 3. The van der Waals surface area contributed by atoms with Crippen LogP contribution >= 0.6 is 22.9 Å². The number of nitrogens with zero attached hydrogens (tertiary/aromatic N) is 4. The van der Waals surface area contributed by atoms with Crippen molar-refractivity contribution < 1.29 is 23.4 Å². The van der Waals surface area contributed by atoms with Crippen molar-refractivity contribution in [3.63, 3.8) is 0 Å². The zero-order chi connectivity index (χ0) is 30.5. The lowest BCUT2D eigenvalue weighted by atomic mass is 9.90. The average Bonchev–Trinajstić information content (AvgIpc) is 3.38. The molecule has 6 rings (SSSR count). The first-order chi connectivity index (χ1) is 20.5. The number of aromatic carboxylic acids is 1. The molecule has 12 heteroatoms. The maximum absolute atomic E-state index is 14.1. The third-order valence-electron chi connectivity index (χ3n) is 8.32. The first-order valence-corrected chi connectivity index (χ1v) is 15.5. The third kappa shape index (κ3) is 5.90. The van der Waals surface area contributed by atoms with Crippen LogP contribution in [0.1, 0.15) is 52.4 Å². The van der Waals surface area contributed by atoms with E-state index in [1.807, 2.05) is 11.0 Å². The summed E-state index contributed by atoms with van der Waals surface area (Å²) in [6.07, 6.45) is 2.08. The van der Waals surface area contributed by atoms with E-state index in [0.29, 0.717) is 75.9 Å². The van der Waals surface area contributed by atoms with Gasteiger partial charge in [0.05, 0.1) is 34.6 Å². The second-order valence-electron chi connectivity index (χ2n) is 11.3. The summed E-state index contributed by atoms with van der Waals surface area (Å²) in [6, 6.07) is 7.01. The van der Waals surface area contributed by atoms with E-state index in [-0.39, 0.29) is 43.3 Å². The summed E-state index contributed by atoms with van der Waals surface area (Å²) in [5.41, 5.74) is 3.86. The van der Waals surface area contributed by atoms with Gasteiger partial charge in [-0.25, -0.2) is 18.6 Å². The van der Waals surface area contributed by atoms with E-state index in [9.17, 15) is 23.5 Å². The first kappa shape index (κ1) is 29.7. The van der Waals surface area contributed by atoms with E-state index < -0.39 is 11.9 Å². The van der Waals surface area contributed by atoms with Crippen LogP contribution in [0.5, 0.6) is 5.75 Å². The number of aryl methyl sites for hydroxylation is 3. The Morgan fingerprint density at radius 3 is 2.81 bits per heavy atom. The number of hydrogen-bond donors (Lipinski definition) is 1. The number of ether oxygens (including phenoxy) is 1. The van der Waals surface area contributed by atoms with Crippen LogP contribution in [0.15, 0.2) is 34.4 Å². The number of halogens is 3. The molecule has 1 saturated heterocycles. The van der Waals surface area contributed by atoms with E-state index in [2.05, 4.69) is 4.98 Å². The number of carbonyl (C=O) groups is 1. The van der Waals surface area contributed by atoms with E-state index in [1.54, 1.807) is 42.0 Å². The van der Waals surface area contributed by atoms with Gasteiger partial charge in [-0.1, -0.05) is 11.6 Å². The normalized spacial score (nSPS) is 18.5. The molecule has 0 spiro atoms. The van der Waals surface area contributed by atoms with Gasteiger partial charge in [0.1, 0.15) is 18.2 Å². The van der Waals surface area contributed by atoms with Gasteiger partial charge >= 0.3 is 5.97 Å². The van der Waals surface area contributed by atoms with E-state index in [0.717, 1.165) is 11.3 Å². The molecule has 1 aliphatic carbocycles. The molecule has 1 aromatic carbocycles. The number of alkyl halides is 2. The molecule has 3 aromatic heterocycles. The van der Waals surface area contributed by atoms with Crippen molar-refractivity contribution in [1.82, 2.24) is 19.4 Å². The Morgan fingerprint density at radius 1 is 1.23 bits per heavy atom. The van der Waals surface area contributed by atoms with Gasteiger partial charge in [-0.2, -0.15) is 0 Å². The van der Waals surface area contributed by atoms with Crippen LogP contribution < -0.4 is 10.3 Å². The molecule has 0 radical (unpaired) electrons. The number of piperidine rings is 1. The van der Waals surface area contributed by atoms with Gasteiger partial charge in [-0.05, 0) is 70.3 Å². The summed E-state index contributed by atoms with van der Waals surface area (Å²) >= 11 is 7.67. The minimum absolute atomic E-state index is 0.0853. The third-order valence-corrected chi connectivity index (χ3v) is 9.55. The van der Waals surface area contributed by atoms with Crippen molar-refractivity contribution in [3.05, 3.63) is 73.4 Å². The molecule has 0 saturated carbocycles. The number of pyridine rings is 1. The fourth-order valence-corrected chi connectivity index (χ4v) is 7.45. The highest BCUT2D eigenvalue weighted by Crippen LogP contribution is 2.40. The van der Waals surface area contributed by atoms with Crippen LogP contribution in [0.4, 0.5) is 8.78 Å². The van der Waals surface area contributed by atoms with Crippen LogP contribution in [0, 0.1) is 13.8 Å². The van der Waals surface area contributed by atoms with Crippen molar-refractivity contribution in [3.8, 4) is 16.9 Å². The van der Waals surface area contributed by atoms with Gasteiger partial charge in [0, 0.05) is 45.2 Å². The number of thiophene rings is 1. The topological polar surface area (TPSA) is 97.6 Å². The van der Waals surface area contributed by atoms with E-state index in [4.69, 9.17) is 21.3 Å². The number of carboxylic acids is 1. The maximum Gasteiger partial charge on any atom is 0.338 e. The molecule has 0 amide bonds. The standard InChI is InChI=1S/C31H31ClF2N4O4S/c1-17-12-22(28-27(35-17)24(15-43-28)30(40)41)21-13-19(32)4-7-26(21)42-11-10-38-18(2)36-25-6-5-20(14-23(25)29(38)39)37-9-3-8-31(33,34)16-37/h4,7,12-13,15,20H,3,5-6,8-11,14,16H2,1-2H3,(H,40,41). The van der Waals surface area contributed by atoms with Crippen molar-refractivity contribution in [2.75, 3.05) is 19.7 Å². The molecule has 8 nitrogen and oxygen atoms in total. The number of carboxylic acid groups (broad SMARTS) is 1. The van der Waals surface area contributed by atoms with E-state index >= 15 is 0 Å². The Hall–Kier alpha value is -3.41. The zero-order valence-corrected chi connectivity index (χ0v) is 25.4. The predicted molar refractivity (Wildman–Crippen MR) is 162 cm³/mol.